The fourth-order valence-corrected chi connectivity index (χ4v) is 8.97. The molecule has 0 aromatic heterocycles. The van der Waals surface area contributed by atoms with Crippen LogP contribution in [0, 0.1) is 29.5 Å². The Balaban J connectivity index is 0.000000217. The van der Waals surface area contributed by atoms with Gasteiger partial charge in [0.25, 0.3) is 0 Å². The maximum absolute atomic E-state index is 14.4. The van der Waals surface area contributed by atoms with E-state index in [4.69, 9.17) is 23.7 Å². The van der Waals surface area contributed by atoms with E-state index in [1.807, 2.05) is 112 Å². The van der Waals surface area contributed by atoms with E-state index in [1.165, 1.54) is 87.0 Å². The van der Waals surface area contributed by atoms with Gasteiger partial charge >= 0.3 is 0 Å². The Kier molecular flexibility index (Phi) is 34.2. The van der Waals surface area contributed by atoms with Crippen molar-refractivity contribution in [3.8, 4) is 52.4 Å². The van der Waals surface area contributed by atoms with Gasteiger partial charge in [-0.3, -0.25) is 0 Å². The van der Waals surface area contributed by atoms with E-state index in [9.17, 15) is 4.39 Å². The highest BCUT2D eigenvalue weighted by atomic mass is 19.1. The van der Waals surface area contributed by atoms with Gasteiger partial charge < -0.3 is 23.7 Å². The molecule has 0 amide bonds. The fraction of sp³-hybridized carbons (Fsp3) is 0.317. The second-order valence-corrected chi connectivity index (χ2v) is 21.2. The lowest BCUT2D eigenvalue weighted by Gasteiger charge is -2.07. The van der Waals surface area contributed by atoms with Gasteiger partial charge in [0.15, 0.2) is 0 Å². The first kappa shape index (κ1) is 70.1. The molecule has 0 bridgehead atoms. The molecule has 8 aromatic rings. The van der Waals surface area contributed by atoms with Crippen molar-refractivity contribution >= 4 is 24.3 Å². The first-order valence-electron chi connectivity index (χ1n) is 32.1. The Morgan fingerprint density at radius 1 is 0.330 bits per heavy atom. The number of hydrogen-bond donors (Lipinski definition) is 0. The largest absolute Gasteiger partial charge is 0.497 e. The molecular formula is C82H95FO5. The van der Waals surface area contributed by atoms with Crippen LogP contribution in [0.4, 0.5) is 4.39 Å². The van der Waals surface area contributed by atoms with Crippen LogP contribution in [0.5, 0.6) is 28.7 Å². The van der Waals surface area contributed by atoms with Crippen LogP contribution in [0.15, 0.2) is 188 Å². The summed E-state index contributed by atoms with van der Waals surface area (Å²) < 4.78 is 41.4. The van der Waals surface area contributed by atoms with E-state index >= 15 is 0 Å². The summed E-state index contributed by atoms with van der Waals surface area (Å²) >= 11 is 0. The van der Waals surface area contributed by atoms with E-state index in [0.717, 1.165) is 87.6 Å². The number of benzene rings is 8. The number of rotatable bonds is 27. The van der Waals surface area contributed by atoms with Gasteiger partial charge in [-0.05, 0) is 202 Å². The van der Waals surface area contributed by atoms with E-state index in [0.29, 0.717) is 37.7 Å². The summed E-state index contributed by atoms with van der Waals surface area (Å²) in [5.41, 5.74) is 12.2. The zero-order valence-electron chi connectivity index (χ0n) is 53.9. The Morgan fingerprint density at radius 2 is 0.682 bits per heavy atom. The molecule has 8 aromatic carbocycles. The normalized spacial score (nSPS) is 10.4. The summed E-state index contributed by atoms with van der Waals surface area (Å²) in [4.78, 5) is 0. The lowest BCUT2D eigenvalue weighted by atomic mass is 10.0. The number of aryl methyl sites for hydroxylation is 3. The SMILES string of the molecule is CCCCCCCCOc1ccc(/C=C/c2ccc(CCCCC)cc2)c(F)c1.CCCCc1ccc(C#Cc2ccc(OCC)cc2)cc1.CCOc1ccc(/C=C/c2ccc(OCC)cc2)cc1.CCc1ccc(C#Cc2ccc(OC)cc2)cc1. The molecule has 0 heterocycles. The summed E-state index contributed by atoms with van der Waals surface area (Å²) in [7, 11) is 1.66. The Labute approximate surface area is 529 Å². The van der Waals surface area contributed by atoms with Crippen molar-refractivity contribution in [2.24, 2.45) is 0 Å². The van der Waals surface area contributed by atoms with E-state index in [1.54, 1.807) is 13.2 Å². The zero-order chi connectivity index (χ0) is 62.7. The summed E-state index contributed by atoms with van der Waals surface area (Å²) in [6.45, 7) is 17.5. The minimum atomic E-state index is -0.238. The number of methoxy groups -OCH3 is 1. The van der Waals surface area contributed by atoms with E-state index < -0.39 is 0 Å². The molecule has 0 N–H and O–H groups in total. The van der Waals surface area contributed by atoms with Gasteiger partial charge in [0.05, 0.1) is 33.5 Å². The first-order chi connectivity index (χ1) is 43.2. The highest BCUT2D eigenvalue weighted by Crippen LogP contribution is 2.22. The average Bonchev–Trinajstić information content (AvgIpc) is 3.66. The quantitative estimate of drug-likeness (QED) is 0.0292. The van der Waals surface area contributed by atoms with Gasteiger partial charge in [-0.15, -0.1) is 0 Å². The van der Waals surface area contributed by atoms with Crippen LogP contribution in [-0.4, -0.2) is 33.5 Å². The molecule has 460 valence electrons. The number of hydrogen-bond acceptors (Lipinski definition) is 5. The maximum atomic E-state index is 14.4. The predicted molar refractivity (Wildman–Crippen MR) is 371 cm³/mol. The molecule has 6 heteroatoms. The summed E-state index contributed by atoms with van der Waals surface area (Å²) in [6.07, 6.45) is 24.9. The smallest absolute Gasteiger partial charge is 0.134 e. The molecule has 0 unspecified atom stereocenters. The van der Waals surface area contributed by atoms with Crippen LogP contribution in [0.2, 0.25) is 0 Å². The third-order valence-electron chi connectivity index (χ3n) is 14.2. The molecule has 8 rings (SSSR count). The minimum Gasteiger partial charge on any atom is -0.497 e. The van der Waals surface area contributed by atoms with Gasteiger partial charge in [0.2, 0.25) is 0 Å². The molecule has 0 spiro atoms. The number of ether oxygens (including phenoxy) is 5. The van der Waals surface area contributed by atoms with E-state index in [-0.39, 0.29) is 5.82 Å². The standard InChI is InChI=1S/C27H37FO.C20H22O.C18H20O2.C17H16O/c1-3-5-7-8-9-11-21-29-26-20-19-25(27(28)22-26)18-17-24-15-13-23(14-16-24)12-10-6-4-2;1-3-5-6-17-7-9-18(10-8-17)11-12-19-13-15-20(16-14-19)21-4-2;1-3-19-17-11-7-15(8-12-17)5-6-16-9-13-18(14-10-16)20-4-2;1-3-14-4-6-15(7-5-14)8-9-16-10-12-17(18-2)13-11-16/h13-20,22H,3-12,21H2,1-2H3;7-10,13-16H,3-6H2,1-2H3;5-14H,3-4H2,1-2H3;4-7,10-13H,3H2,1-2H3/b18-17+;;6-5+;. The molecule has 0 fully saturated rings. The predicted octanol–water partition coefficient (Wildman–Crippen LogP) is 21.6. The average molecular weight is 1180 g/mol. The summed E-state index contributed by atoms with van der Waals surface area (Å²) in [5, 5.41) is 0. The van der Waals surface area contributed by atoms with Crippen LogP contribution in [0.3, 0.4) is 0 Å². The van der Waals surface area contributed by atoms with Crippen molar-refractivity contribution in [3.05, 3.63) is 255 Å². The third-order valence-corrected chi connectivity index (χ3v) is 14.2. The highest BCUT2D eigenvalue weighted by Gasteiger charge is 2.04. The Bertz CT molecular complexity index is 3220. The molecule has 0 aliphatic carbocycles. The zero-order valence-corrected chi connectivity index (χ0v) is 53.9. The van der Waals surface area contributed by atoms with Crippen molar-refractivity contribution in [1.82, 2.24) is 0 Å². The third kappa shape index (κ3) is 28.7. The number of unbranched alkanes of at least 4 members (excludes halogenated alkanes) is 8. The lowest BCUT2D eigenvalue weighted by Crippen LogP contribution is -1.98. The van der Waals surface area contributed by atoms with Gasteiger partial charge in [0.1, 0.15) is 34.6 Å². The van der Waals surface area contributed by atoms with E-state index in [2.05, 4.69) is 161 Å². The molecule has 0 radical (unpaired) electrons. The molecule has 0 aliphatic rings. The van der Waals surface area contributed by atoms with Gasteiger partial charge in [-0.25, -0.2) is 4.39 Å². The van der Waals surface area contributed by atoms with Crippen molar-refractivity contribution in [2.75, 3.05) is 33.5 Å². The molecule has 0 saturated heterocycles. The Morgan fingerprint density at radius 3 is 1.11 bits per heavy atom. The topological polar surface area (TPSA) is 46.2 Å². The molecule has 0 aliphatic heterocycles. The van der Waals surface area contributed by atoms with Gasteiger partial charge in [0, 0.05) is 33.9 Å². The van der Waals surface area contributed by atoms with Crippen LogP contribution in [0.25, 0.3) is 24.3 Å². The molecule has 88 heavy (non-hydrogen) atoms. The van der Waals surface area contributed by atoms with Crippen molar-refractivity contribution in [3.63, 3.8) is 0 Å². The summed E-state index contributed by atoms with van der Waals surface area (Å²) in [6, 6.07) is 62.5. The summed E-state index contributed by atoms with van der Waals surface area (Å²) in [5.74, 6) is 16.6. The second kappa shape index (κ2) is 43.0. The van der Waals surface area contributed by atoms with Crippen molar-refractivity contribution in [2.45, 2.75) is 138 Å². The molecule has 5 nitrogen and oxygen atoms in total. The fourth-order valence-electron chi connectivity index (χ4n) is 8.97. The Hall–Kier alpha value is -8.71. The molecule has 0 saturated carbocycles. The van der Waals surface area contributed by atoms with Gasteiger partial charge in [-0.1, -0.05) is 200 Å². The monoisotopic (exact) mass is 1180 g/mol. The number of halogens is 1. The van der Waals surface area contributed by atoms with Crippen LogP contribution in [0.1, 0.15) is 180 Å². The minimum absolute atomic E-state index is 0.238. The first-order valence-corrected chi connectivity index (χ1v) is 32.1. The van der Waals surface area contributed by atoms with Crippen LogP contribution >= 0.6 is 0 Å². The van der Waals surface area contributed by atoms with Crippen LogP contribution < -0.4 is 23.7 Å². The molecular weight excluding hydrogens is 1080 g/mol. The van der Waals surface area contributed by atoms with Crippen LogP contribution in [-0.2, 0) is 19.3 Å². The lowest BCUT2D eigenvalue weighted by molar-refractivity contribution is 0.303. The molecule has 0 atom stereocenters. The second-order valence-electron chi connectivity index (χ2n) is 21.2. The maximum Gasteiger partial charge on any atom is 0.134 e. The van der Waals surface area contributed by atoms with Crippen molar-refractivity contribution in [1.29, 1.82) is 0 Å². The van der Waals surface area contributed by atoms with Gasteiger partial charge in [-0.2, -0.15) is 0 Å². The van der Waals surface area contributed by atoms with Crippen molar-refractivity contribution < 1.29 is 28.1 Å². The highest BCUT2D eigenvalue weighted by molar-refractivity contribution is 5.71.